The quantitative estimate of drug-likeness (QED) is 0.789. The maximum absolute atomic E-state index is 12.1. The molecule has 5 nitrogen and oxygen atoms in total. The van der Waals surface area contributed by atoms with Crippen molar-refractivity contribution in [1.82, 2.24) is 9.80 Å². The van der Waals surface area contributed by atoms with Crippen LogP contribution in [-0.2, 0) is 9.59 Å². The van der Waals surface area contributed by atoms with E-state index in [1.54, 1.807) is 0 Å². The maximum atomic E-state index is 12.1. The second kappa shape index (κ2) is 6.37. The van der Waals surface area contributed by atoms with Gasteiger partial charge in [-0.3, -0.25) is 14.5 Å². The second-order valence-corrected chi connectivity index (χ2v) is 5.79. The molecule has 1 atom stereocenters. The number of rotatable bonds is 6. The highest BCUT2D eigenvalue weighted by molar-refractivity contribution is 5.78. The third-order valence-corrected chi connectivity index (χ3v) is 4.27. The summed E-state index contributed by atoms with van der Waals surface area (Å²) in [5.74, 6) is -0.559. The highest BCUT2D eigenvalue weighted by Gasteiger charge is 2.32. The molecule has 1 amide bonds. The molecule has 0 bridgehead atoms. The number of carboxylic acids is 1. The van der Waals surface area contributed by atoms with E-state index in [0.717, 1.165) is 38.6 Å². The first kappa shape index (κ1) is 14.3. The van der Waals surface area contributed by atoms with Crippen molar-refractivity contribution < 1.29 is 14.7 Å². The van der Waals surface area contributed by atoms with Crippen LogP contribution in [0.3, 0.4) is 0 Å². The zero-order chi connectivity index (χ0) is 13.8. The van der Waals surface area contributed by atoms with Crippen molar-refractivity contribution in [1.29, 1.82) is 0 Å². The fourth-order valence-electron chi connectivity index (χ4n) is 2.84. The minimum absolute atomic E-state index is 0.185. The summed E-state index contributed by atoms with van der Waals surface area (Å²) >= 11 is 0. The summed E-state index contributed by atoms with van der Waals surface area (Å²) in [6.45, 7) is 1.38. The van der Waals surface area contributed by atoms with Gasteiger partial charge in [0.25, 0.3) is 0 Å². The van der Waals surface area contributed by atoms with E-state index < -0.39 is 5.97 Å². The summed E-state index contributed by atoms with van der Waals surface area (Å²) in [6.07, 6.45) is 6.41. The van der Waals surface area contributed by atoms with Crippen molar-refractivity contribution >= 4 is 11.9 Å². The van der Waals surface area contributed by atoms with Crippen LogP contribution in [0.2, 0.25) is 0 Å². The molecular weight excluding hydrogens is 244 g/mol. The lowest BCUT2D eigenvalue weighted by molar-refractivity contribution is -0.137. The zero-order valence-electron chi connectivity index (χ0n) is 11.7. The number of piperidine rings is 1. The molecule has 1 saturated carbocycles. The number of carboxylic acid groups (broad SMARTS) is 1. The summed E-state index contributed by atoms with van der Waals surface area (Å²) in [5, 5.41) is 8.79. The van der Waals surface area contributed by atoms with Gasteiger partial charge in [0.2, 0.25) is 5.91 Å². The van der Waals surface area contributed by atoms with Gasteiger partial charge in [-0.15, -0.1) is 0 Å². The molecule has 1 heterocycles. The first-order valence-electron chi connectivity index (χ1n) is 7.29. The van der Waals surface area contributed by atoms with Crippen molar-refractivity contribution in [2.24, 2.45) is 0 Å². The molecule has 0 aromatic heterocycles. The molecule has 0 aromatic rings. The van der Waals surface area contributed by atoms with Gasteiger partial charge >= 0.3 is 5.97 Å². The van der Waals surface area contributed by atoms with Crippen LogP contribution in [0.15, 0.2) is 0 Å². The second-order valence-electron chi connectivity index (χ2n) is 5.79. The van der Waals surface area contributed by atoms with Gasteiger partial charge in [-0.05, 0) is 38.6 Å². The first-order chi connectivity index (χ1) is 9.08. The molecule has 0 spiro atoms. The van der Waals surface area contributed by atoms with Gasteiger partial charge in [-0.25, -0.2) is 0 Å². The van der Waals surface area contributed by atoms with E-state index in [9.17, 15) is 9.59 Å². The van der Waals surface area contributed by atoms with Crippen molar-refractivity contribution in [2.45, 2.75) is 57.0 Å². The van der Waals surface area contributed by atoms with E-state index in [1.807, 2.05) is 11.9 Å². The summed E-state index contributed by atoms with van der Waals surface area (Å²) in [6, 6.07) is 0.719. The molecular formula is C14H24N2O3. The largest absolute Gasteiger partial charge is 0.481 e. The van der Waals surface area contributed by atoms with Gasteiger partial charge in [0, 0.05) is 25.6 Å². The molecule has 2 rings (SSSR count). The molecule has 2 fully saturated rings. The van der Waals surface area contributed by atoms with E-state index in [4.69, 9.17) is 5.11 Å². The van der Waals surface area contributed by atoms with Crippen LogP contribution in [0.5, 0.6) is 0 Å². The number of hydrogen-bond acceptors (Lipinski definition) is 3. The summed E-state index contributed by atoms with van der Waals surface area (Å²) in [5.41, 5.74) is 0. The van der Waals surface area contributed by atoms with Gasteiger partial charge in [0.15, 0.2) is 0 Å². The molecule has 1 aliphatic heterocycles. The minimum atomic E-state index is -0.744. The first-order valence-corrected chi connectivity index (χ1v) is 7.29. The van der Waals surface area contributed by atoms with Crippen LogP contribution in [0.1, 0.15) is 44.9 Å². The van der Waals surface area contributed by atoms with Crippen LogP contribution in [0.4, 0.5) is 0 Å². The lowest BCUT2D eigenvalue weighted by atomic mass is 9.98. The van der Waals surface area contributed by atoms with E-state index in [-0.39, 0.29) is 18.4 Å². The van der Waals surface area contributed by atoms with Gasteiger partial charge in [-0.2, -0.15) is 0 Å². The zero-order valence-corrected chi connectivity index (χ0v) is 11.7. The fourth-order valence-corrected chi connectivity index (χ4v) is 2.84. The molecule has 1 aliphatic carbocycles. The predicted octanol–water partition coefficient (Wildman–Crippen LogP) is 1.33. The van der Waals surface area contributed by atoms with Gasteiger partial charge in [0.05, 0.1) is 6.54 Å². The lowest BCUT2D eigenvalue weighted by Gasteiger charge is -2.36. The number of carbonyl (C=O) groups excluding carboxylic acids is 1. The fraction of sp³-hybridized carbons (Fsp3) is 0.857. The normalized spacial score (nSPS) is 24.2. The Labute approximate surface area is 114 Å². The third kappa shape index (κ3) is 4.20. The van der Waals surface area contributed by atoms with Crippen LogP contribution in [0, 0.1) is 0 Å². The maximum Gasteiger partial charge on any atom is 0.303 e. The Bertz CT molecular complexity index is 342. The lowest BCUT2D eigenvalue weighted by Crippen LogP contribution is -2.46. The van der Waals surface area contributed by atoms with E-state index >= 15 is 0 Å². The molecule has 19 heavy (non-hydrogen) atoms. The Morgan fingerprint density at radius 2 is 2.00 bits per heavy atom. The molecule has 5 heteroatoms. The number of likely N-dealkylation sites (N-methyl/N-ethyl adjacent to an activating group) is 1. The number of carbonyl (C=O) groups is 2. The number of aliphatic carboxylic acids is 1. The van der Waals surface area contributed by atoms with E-state index in [0.29, 0.717) is 19.0 Å². The molecule has 1 unspecified atom stereocenters. The van der Waals surface area contributed by atoms with E-state index in [2.05, 4.69) is 4.90 Å². The summed E-state index contributed by atoms with van der Waals surface area (Å²) in [4.78, 5) is 26.9. The SMILES string of the molecule is CN(C(=O)CN1CCCCC1CCC(=O)O)C1CC1. The van der Waals surface area contributed by atoms with Crippen LogP contribution >= 0.6 is 0 Å². The van der Waals surface area contributed by atoms with Crippen molar-refractivity contribution in [3.63, 3.8) is 0 Å². The smallest absolute Gasteiger partial charge is 0.303 e. The van der Waals surface area contributed by atoms with Crippen molar-refractivity contribution in [3.05, 3.63) is 0 Å². The highest BCUT2D eigenvalue weighted by atomic mass is 16.4. The predicted molar refractivity (Wildman–Crippen MR) is 71.9 cm³/mol. The summed E-state index contributed by atoms with van der Waals surface area (Å²) in [7, 11) is 1.89. The number of likely N-dealkylation sites (tertiary alicyclic amines) is 1. The topological polar surface area (TPSA) is 60.9 Å². The van der Waals surface area contributed by atoms with Gasteiger partial charge < -0.3 is 10.0 Å². The Morgan fingerprint density at radius 3 is 2.63 bits per heavy atom. The average Bonchev–Trinajstić information content (AvgIpc) is 3.21. The minimum Gasteiger partial charge on any atom is -0.481 e. The number of hydrogen-bond donors (Lipinski definition) is 1. The van der Waals surface area contributed by atoms with Crippen molar-refractivity contribution in [3.8, 4) is 0 Å². The monoisotopic (exact) mass is 268 g/mol. The van der Waals surface area contributed by atoms with Crippen LogP contribution in [-0.4, -0.2) is 59.0 Å². The number of amides is 1. The Balaban J connectivity index is 1.83. The third-order valence-electron chi connectivity index (χ3n) is 4.27. The standard InChI is InChI=1S/C14H24N2O3/c1-15(11-5-6-11)13(17)10-16-9-3-2-4-12(16)7-8-14(18)19/h11-12H,2-10H2,1H3,(H,18,19). The average molecular weight is 268 g/mol. The number of nitrogens with zero attached hydrogens (tertiary/aromatic N) is 2. The molecule has 108 valence electrons. The Morgan fingerprint density at radius 1 is 1.26 bits per heavy atom. The molecule has 2 aliphatic rings. The Kier molecular flexibility index (Phi) is 4.80. The Hall–Kier alpha value is -1.10. The van der Waals surface area contributed by atoms with Crippen LogP contribution in [0.25, 0.3) is 0 Å². The molecule has 1 N–H and O–H groups in total. The molecule has 0 aromatic carbocycles. The van der Waals surface area contributed by atoms with Gasteiger partial charge in [-0.1, -0.05) is 6.42 Å². The van der Waals surface area contributed by atoms with E-state index in [1.165, 1.54) is 0 Å². The molecule has 0 radical (unpaired) electrons. The summed E-state index contributed by atoms with van der Waals surface area (Å²) < 4.78 is 0. The molecule has 1 saturated heterocycles. The highest BCUT2D eigenvalue weighted by Crippen LogP contribution is 2.26. The van der Waals surface area contributed by atoms with Gasteiger partial charge in [0.1, 0.15) is 0 Å². The van der Waals surface area contributed by atoms with Crippen molar-refractivity contribution in [2.75, 3.05) is 20.1 Å². The van der Waals surface area contributed by atoms with Crippen LogP contribution < -0.4 is 0 Å².